The number of hydrogen-bond donors (Lipinski definition) is 2. The zero-order valence-corrected chi connectivity index (χ0v) is 11.4. The van der Waals surface area contributed by atoms with Crippen molar-refractivity contribution in [1.82, 2.24) is 5.32 Å². The minimum absolute atomic E-state index is 0. The first-order chi connectivity index (χ1) is 7.77. The third kappa shape index (κ3) is 6.24. The van der Waals surface area contributed by atoms with Gasteiger partial charge in [0.15, 0.2) is 0 Å². The molecule has 0 aromatic heterocycles. The van der Waals surface area contributed by atoms with E-state index >= 15 is 0 Å². The number of rotatable bonds is 7. The summed E-state index contributed by atoms with van der Waals surface area (Å²) < 4.78 is 5.81. The molecular weight excluding hydrogens is 240 g/mol. The number of hydrogen-bond acceptors (Lipinski definition) is 3. The normalized spacial score (nSPS) is 17.5. The van der Waals surface area contributed by atoms with E-state index in [1.807, 2.05) is 6.92 Å². The van der Waals surface area contributed by atoms with Gasteiger partial charge in [-0.1, -0.05) is 19.8 Å². The summed E-state index contributed by atoms with van der Waals surface area (Å²) in [5.74, 6) is 0.0165. The maximum Gasteiger partial charge on any atom is 0.249 e. The molecule has 17 heavy (non-hydrogen) atoms. The summed E-state index contributed by atoms with van der Waals surface area (Å²) in [7, 11) is 0. The fourth-order valence-electron chi connectivity index (χ4n) is 2.03. The van der Waals surface area contributed by atoms with E-state index in [-0.39, 0.29) is 24.4 Å². The molecule has 1 aliphatic rings. The largest absolute Gasteiger partial charge is 0.365 e. The Labute approximate surface area is 110 Å². The molecule has 0 aromatic carbocycles. The molecule has 0 saturated heterocycles. The Kier molecular flexibility index (Phi) is 9.50. The molecule has 1 amide bonds. The van der Waals surface area contributed by atoms with Gasteiger partial charge in [0.05, 0.1) is 6.10 Å². The first kappa shape index (κ1) is 16.7. The quantitative estimate of drug-likeness (QED) is 0.687. The van der Waals surface area contributed by atoms with E-state index in [4.69, 9.17) is 10.5 Å². The van der Waals surface area contributed by atoms with E-state index in [1.54, 1.807) is 0 Å². The molecule has 1 unspecified atom stereocenters. The van der Waals surface area contributed by atoms with E-state index in [0.29, 0.717) is 19.2 Å². The number of nitrogens with one attached hydrogen (secondary N) is 1. The summed E-state index contributed by atoms with van der Waals surface area (Å²) in [5, 5.41) is 2.86. The SMILES string of the molecule is CCC(OC1CCCC1)C(=O)NCCCN.Cl. The zero-order chi connectivity index (χ0) is 11.8. The Morgan fingerprint density at radius 1 is 1.47 bits per heavy atom. The monoisotopic (exact) mass is 264 g/mol. The third-order valence-corrected chi connectivity index (χ3v) is 3.00. The topological polar surface area (TPSA) is 64.3 Å². The third-order valence-electron chi connectivity index (χ3n) is 3.00. The molecule has 0 aliphatic heterocycles. The van der Waals surface area contributed by atoms with E-state index in [1.165, 1.54) is 12.8 Å². The Morgan fingerprint density at radius 3 is 2.65 bits per heavy atom. The van der Waals surface area contributed by atoms with Gasteiger partial charge >= 0.3 is 0 Å². The fourth-order valence-corrected chi connectivity index (χ4v) is 2.03. The zero-order valence-electron chi connectivity index (χ0n) is 10.6. The van der Waals surface area contributed by atoms with Crippen molar-refractivity contribution in [3.8, 4) is 0 Å². The molecule has 4 nitrogen and oxygen atoms in total. The van der Waals surface area contributed by atoms with Crippen LogP contribution in [0.4, 0.5) is 0 Å². The van der Waals surface area contributed by atoms with Gasteiger partial charge in [-0.25, -0.2) is 0 Å². The summed E-state index contributed by atoms with van der Waals surface area (Å²) in [4.78, 5) is 11.8. The minimum atomic E-state index is -0.277. The van der Waals surface area contributed by atoms with Crippen LogP contribution in [0, 0.1) is 0 Å². The fraction of sp³-hybridized carbons (Fsp3) is 0.917. The van der Waals surface area contributed by atoms with Gasteiger partial charge in [0.1, 0.15) is 6.10 Å². The van der Waals surface area contributed by atoms with Crippen LogP contribution in [0.15, 0.2) is 0 Å². The number of nitrogens with two attached hydrogens (primary N) is 1. The second-order valence-electron chi connectivity index (χ2n) is 4.37. The Hall–Kier alpha value is -0.320. The van der Waals surface area contributed by atoms with Crippen LogP contribution in [-0.2, 0) is 9.53 Å². The van der Waals surface area contributed by atoms with E-state index in [0.717, 1.165) is 25.7 Å². The second kappa shape index (κ2) is 9.68. The van der Waals surface area contributed by atoms with E-state index in [2.05, 4.69) is 5.32 Å². The lowest BCUT2D eigenvalue weighted by atomic mass is 10.2. The second-order valence-corrected chi connectivity index (χ2v) is 4.37. The van der Waals surface area contributed by atoms with Crippen molar-refractivity contribution in [2.24, 2.45) is 5.73 Å². The van der Waals surface area contributed by atoms with Crippen LogP contribution in [0.3, 0.4) is 0 Å². The van der Waals surface area contributed by atoms with Crippen molar-refractivity contribution in [3.05, 3.63) is 0 Å². The van der Waals surface area contributed by atoms with Gasteiger partial charge in [0, 0.05) is 6.54 Å². The van der Waals surface area contributed by atoms with Crippen molar-refractivity contribution in [1.29, 1.82) is 0 Å². The molecule has 0 heterocycles. The molecule has 5 heteroatoms. The number of amides is 1. The van der Waals surface area contributed by atoms with Gasteiger partial charge in [-0.15, -0.1) is 12.4 Å². The lowest BCUT2D eigenvalue weighted by molar-refractivity contribution is -0.136. The van der Waals surface area contributed by atoms with Crippen LogP contribution in [0.1, 0.15) is 45.4 Å². The van der Waals surface area contributed by atoms with E-state index < -0.39 is 0 Å². The molecule has 1 saturated carbocycles. The maximum atomic E-state index is 11.8. The molecule has 0 spiro atoms. The van der Waals surface area contributed by atoms with Gasteiger partial charge in [0.25, 0.3) is 0 Å². The van der Waals surface area contributed by atoms with Crippen molar-refractivity contribution < 1.29 is 9.53 Å². The van der Waals surface area contributed by atoms with Crippen molar-refractivity contribution in [2.75, 3.05) is 13.1 Å². The highest BCUT2D eigenvalue weighted by Crippen LogP contribution is 2.22. The number of halogens is 1. The molecule has 102 valence electrons. The van der Waals surface area contributed by atoms with Crippen LogP contribution in [0.5, 0.6) is 0 Å². The predicted octanol–water partition coefficient (Wildman–Crippen LogP) is 1.61. The summed E-state index contributed by atoms with van der Waals surface area (Å²) in [6, 6.07) is 0. The number of carbonyl (C=O) groups excluding carboxylic acids is 1. The molecule has 0 radical (unpaired) electrons. The summed E-state index contributed by atoms with van der Waals surface area (Å²) >= 11 is 0. The highest BCUT2D eigenvalue weighted by atomic mass is 35.5. The summed E-state index contributed by atoms with van der Waals surface area (Å²) in [6.07, 6.45) is 6.26. The van der Waals surface area contributed by atoms with Gasteiger partial charge in [0.2, 0.25) is 5.91 Å². The standard InChI is InChI=1S/C12H24N2O2.ClH/c1-2-11(12(15)14-9-5-8-13)16-10-6-3-4-7-10;/h10-11H,2-9,13H2,1H3,(H,14,15);1H. The average Bonchev–Trinajstić information content (AvgIpc) is 2.78. The van der Waals surface area contributed by atoms with Gasteiger partial charge in [-0.05, 0) is 32.2 Å². The number of ether oxygens (including phenoxy) is 1. The Bertz CT molecular complexity index is 209. The molecular formula is C12H25ClN2O2. The van der Waals surface area contributed by atoms with Crippen LogP contribution in [-0.4, -0.2) is 31.2 Å². The summed E-state index contributed by atoms with van der Waals surface area (Å²) in [6.45, 7) is 3.25. The van der Waals surface area contributed by atoms with Crippen LogP contribution in [0.25, 0.3) is 0 Å². The van der Waals surface area contributed by atoms with Crippen molar-refractivity contribution in [3.63, 3.8) is 0 Å². The Morgan fingerprint density at radius 2 is 2.12 bits per heavy atom. The van der Waals surface area contributed by atoms with Crippen molar-refractivity contribution in [2.45, 2.75) is 57.7 Å². The lowest BCUT2D eigenvalue weighted by Gasteiger charge is -2.20. The smallest absolute Gasteiger partial charge is 0.249 e. The molecule has 1 fully saturated rings. The highest BCUT2D eigenvalue weighted by Gasteiger charge is 2.23. The summed E-state index contributed by atoms with van der Waals surface area (Å²) in [5.41, 5.74) is 5.37. The first-order valence-corrected chi connectivity index (χ1v) is 6.41. The van der Waals surface area contributed by atoms with Crippen LogP contribution < -0.4 is 11.1 Å². The first-order valence-electron chi connectivity index (χ1n) is 6.41. The molecule has 0 aromatic rings. The predicted molar refractivity (Wildman–Crippen MR) is 71.3 cm³/mol. The maximum absolute atomic E-state index is 11.8. The molecule has 3 N–H and O–H groups in total. The molecule has 1 atom stereocenters. The van der Waals surface area contributed by atoms with Gasteiger partial charge in [-0.3, -0.25) is 4.79 Å². The highest BCUT2D eigenvalue weighted by molar-refractivity contribution is 5.85. The van der Waals surface area contributed by atoms with E-state index in [9.17, 15) is 4.79 Å². The van der Waals surface area contributed by atoms with Gasteiger partial charge in [-0.2, -0.15) is 0 Å². The van der Waals surface area contributed by atoms with Crippen molar-refractivity contribution >= 4 is 18.3 Å². The molecule has 0 bridgehead atoms. The van der Waals surface area contributed by atoms with Crippen LogP contribution in [0.2, 0.25) is 0 Å². The van der Waals surface area contributed by atoms with Gasteiger partial charge < -0.3 is 15.8 Å². The minimum Gasteiger partial charge on any atom is -0.365 e. The molecule has 1 aliphatic carbocycles. The molecule has 1 rings (SSSR count). The lowest BCUT2D eigenvalue weighted by Crippen LogP contribution is -2.38. The Balaban J connectivity index is 0.00000256. The number of carbonyl (C=O) groups is 1. The average molecular weight is 265 g/mol. The van der Waals surface area contributed by atoms with Crippen LogP contribution >= 0.6 is 12.4 Å².